The summed E-state index contributed by atoms with van der Waals surface area (Å²) >= 11 is 8.25. The zero-order chi connectivity index (χ0) is 30.5. The van der Waals surface area contributed by atoms with E-state index in [9.17, 15) is 19.5 Å². The van der Waals surface area contributed by atoms with E-state index in [1.54, 1.807) is 27.6 Å². The van der Waals surface area contributed by atoms with Gasteiger partial charge in [-0.05, 0) is 43.9 Å². The number of halogens is 1. The van der Waals surface area contributed by atoms with E-state index in [1.807, 2.05) is 86.4 Å². The number of carbonyl (C=O) groups excluding carboxylic acids is 3. The van der Waals surface area contributed by atoms with Gasteiger partial charge in [-0.15, -0.1) is 11.8 Å². The number of nitrogens with zero attached hydrogens (tertiary/aromatic N) is 3. The van der Waals surface area contributed by atoms with Crippen molar-refractivity contribution >= 4 is 46.8 Å². The van der Waals surface area contributed by atoms with Gasteiger partial charge in [-0.25, -0.2) is 0 Å². The molecule has 43 heavy (non-hydrogen) atoms. The van der Waals surface area contributed by atoms with E-state index in [0.717, 1.165) is 17.5 Å². The molecule has 6 rings (SSSR count). The molecule has 0 saturated carbocycles. The molecule has 4 heterocycles. The molecule has 4 aliphatic heterocycles. The van der Waals surface area contributed by atoms with Crippen molar-refractivity contribution < 1.29 is 19.5 Å². The number of amides is 3. The summed E-state index contributed by atoms with van der Waals surface area (Å²) in [4.78, 5) is 49.2. The summed E-state index contributed by atoms with van der Waals surface area (Å²) in [5.74, 6) is -1.97. The maximum Gasteiger partial charge on any atom is 0.251 e. The number of benzene rings is 2. The maximum absolute atomic E-state index is 14.9. The topological polar surface area (TPSA) is 81.2 Å². The Balaban J connectivity index is 1.52. The van der Waals surface area contributed by atoms with E-state index < -0.39 is 33.4 Å². The average Bonchev–Trinajstić information content (AvgIpc) is 3.26. The fourth-order valence-electron chi connectivity index (χ4n) is 7.68. The first kappa shape index (κ1) is 30.0. The second-order valence-corrected chi connectivity index (χ2v) is 14.4. The monoisotopic (exact) mass is 619 g/mol. The van der Waals surface area contributed by atoms with Crippen LogP contribution in [0.1, 0.15) is 31.4 Å². The number of rotatable bonds is 7. The summed E-state index contributed by atoms with van der Waals surface area (Å²) in [6.07, 6.45) is 9.26. The lowest BCUT2D eigenvalue weighted by Crippen LogP contribution is -2.57. The third-order valence-electron chi connectivity index (χ3n) is 9.45. The molecular formula is C34H38ClN3O4S. The predicted molar refractivity (Wildman–Crippen MR) is 171 cm³/mol. The number of carbonyl (C=O) groups is 3. The summed E-state index contributed by atoms with van der Waals surface area (Å²) in [5.41, 5.74) is 2.42. The fraction of sp³-hybridized carbons (Fsp3) is 0.441. The Morgan fingerprint density at radius 3 is 2.42 bits per heavy atom. The lowest BCUT2D eigenvalue weighted by molar-refractivity contribution is -0.145. The summed E-state index contributed by atoms with van der Waals surface area (Å²) in [6, 6.07) is 13.6. The van der Waals surface area contributed by atoms with Gasteiger partial charge in [0.15, 0.2) is 0 Å². The number of anilines is 1. The van der Waals surface area contributed by atoms with Crippen LogP contribution in [0.15, 0.2) is 72.8 Å². The first-order chi connectivity index (χ1) is 20.7. The molecule has 9 heteroatoms. The van der Waals surface area contributed by atoms with Crippen LogP contribution in [0.2, 0.25) is 5.02 Å². The number of para-hydroxylation sites is 1. The number of hydrogen-bond acceptors (Lipinski definition) is 5. The quantitative estimate of drug-likeness (QED) is 0.457. The normalized spacial score (nSPS) is 30.7. The number of thioether (sulfide) groups is 1. The van der Waals surface area contributed by atoms with Crippen LogP contribution in [0.4, 0.5) is 5.69 Å². The van der Waals surface area contributed by atoms with Gasteiger partial charge in [0, 0.05) is 24.4 Å². The number of likely N-dealkylation sites (tertiary alicyclic amines) is 1. The molecule has 3 amide bonds. The molecule has 1 unspecified atom stereocenters. The summed E-state index contributed by atoms with van der Waals surface area (Å²) in [5, 5.41) is 11.2. The Morgan fingerprint density at radius 2 is 1.72 bits per heavy atom. The number of fused-ring (bicyclic) bond motifs is 2. The van der Waals surface area contributed by atoms with Crippen molar-refractivity contribution in [1.82, 2.24) is 9.80 Å². The van der Waals surface area contributed by atoms with Crippen molar-refractivity contribution in [2.75, 3.05) is 31.1 Å². The second kappa shape index (κ2) is 11.5. The second-order valence-electron chi connectivity index (χ2n) is 12.2. The van der Waals surface area contributed by atoms with Crippen LogP contribution in [0.25, 0.3) is 0 Å². The van der Waals surface area contributed by atoms with Crippen molar-refractivity contribution in [1.29, 1.82) is 0 Å². The van der Waals surface area contributed by atoms with Gasteiger partial charge >= 0.3 is 0 Å². The van der Waals surface area contributed by atoms with E-state index in [4.69, 9.17) is 11.6 Å². The van der Waals surface area contributed by atoms with Gasteiger partial charge in [0.2, 0.25) is 11.8 Å². The van der Waals surface area contributed by atoms with E-state index >= 15 is 0 Å². The van der Waals surface area contributed by atoms with E-state index in [1.165, 1.54) is 0 Å². The lowest BCUT2D eigenvalue weighted by atomic mass is 9.74. The molecular weight excluding hydrogens is 582 g/mol. The van der Waals surface area contributed by atoms with Crippen molar-refractivity contribution in [3.63, 3.8) is 0 Å². The molecule has 1 N–H and O–H groups in total. The number of hydrogen-bond donors (Lipinski definition) is 1. The zero-order valence-electron chi connectivity index (χ0n) is 24.8. The molecule has 2 aromatic rings. The molecule has 2 saturated heterocycles. The van der Waals surface area contributed by atoms with Gasteiger partial charge < -0.3 is 19.8 Å². The molecule has 0 aliphatic carbocycles. The highest BCUT2D eigenvalue weighted by Gasteiger charge is 2.74. The van der Waals surface area contributed by atoms with Crippen LogP contribution in [-0.4, -0.2) is 80.4 Å². The highest BCUT2D eigenvalue weighted by atomic mass is 35.5. The van der Waals surface area contributed by atoms with Crippen LogP contribution in [0.3, 0.4) is 0 Å². The van der Waals surface area contributed by atoms with Crippen LogP contribution < -0.4 is 4.90 Å². The maximum atomic E-state index is 14.9. The minimum absolute atomic E-state index is 0.0508. The van der Waals surface area contributed by atoms with E-state index in [-0.39, 0.29) is 30.9 Å². The highest BCUT2D eigenvalue weighted by Crippen LogP contribution is 2.66. The molecule has 0 bridgehead atoms. The first-order valence-electron chi connectivity index (χ1n) is 15.0. The van der Waals surface area contributed by atoms with Crippen molar-refractivity contribution in [3.8, 4) is 0 Å². The fourth-order valence-corrected chi connectivity index (χ4v) is 10.1. The molecule has 0 aromatic heterocycles. The van der Waals surface area contributed by atoms with Crippen LogP contribution in [0, 0.1) is 18.8 Å². The van der Waals surface area contributed by atoms with E-state index in [0.29, 0.717) is 30.2 Å². The predicted octanol–water partition coefficient (Wildman–Crippen LogP) is 4.65. The summed E-state index contributed by atoms with van der Waals surface area (Å²) in [7, 11) is 0. The molecule has 226 valence electrons. The molecule has 6 atom stereocenters. The number of aliphatic hydroxyl groups excluding tert-OH is 1. The molecule has 2 fully saturated rings. The SMILES string of the molecule is CCCN1CC=C[C@@]2(C)S[C@]34C=CCN(c5c(C)cccc5Cl)C(=O)C3N([C@@H](CO)Cc3ccccc3)C(=O)[C@@H]4[C@H]2C1=O. The van der Waals surface area contributed by atoms with Crippen LogP contribution in [-0.2, 0) is 20.8 Å². The Morgan fingerprint density at radius 1 is 0.977 bits per heavy atom. The van der Waals surface area contributed by atoms with Gasteiger partial charge in [-0.2, -0.15) is 0 Å². The first-order valence-corrected chi connectivity index (χ1v) is 16.2. The van der Waals surface area contributed by atoms with Gasteiger partial charge in [-0.1, -0.05) is 85.3 Å². The van der Waals surface area contributed by atoms with Crippen molar-refractivity contribution in [3.05, 3.63) is 89.0 Å². The van der Waals surface area contributed by atoms with Crippen LogP contribution in [0.5, 0.6) is 0 Å². The smallest absolute Gasteiger partial charge is 0.251 e. The highest BCUT2D eigenvalue weighted by molar-refractivity contribution is 8.02. The largest absolute Gasteiger partial charge is 0.394 e. The lowest BCUT2D eigenvalue weighted by Gasteiger charge is -2.40. The van der Waals surface area contributed by atoms with Crippen molar-refractivity contribution in [2.45, 2.75) is 55.2 Å². The van der Waals surface area contributed by atoms with Gasteiger partial charge in [-0.3, -0.25) is 14.4 Å². The van der Waals surface area contributed by atoms with Crippen molar-refractivity contribution in [2.24, 2.45) is 11.8 Å². The number of aryl methyl sites for hydroxylation is 1. The molecule has 4 aliphatic rings. The van der Waals surface area contributed by atoms with E-state index in [2.05, 4.69) is 6.08 Å². The minimum Gasteiger partial charge on any atom is -0.394 e. The van der Waals surface area contributed by atoms with Crippen LogP contribution >= 0.6 is 23.4 Å². The zero-order valence-corrected chi connectivity index (χ0v) is 26.4. The summed E-state index contributed by atoms with van der Waals surface area (Å²) < 4.78 is -1.69. The molecule has 0 radical (unpaired) electrons. The Bertz CT molecular complexity index is 1480. The Hall–Kier alpha value is -3.07. The molecule has 7 nitrogen and oxygen atoms in total. The van der Waals surface area contributed by atoms with Gasteiger partial charge in [0.1, 0.15) is 6.04 Å². The third-order valence-corrected chi connectivity index (χ3v) is 11.6. The Labute approximate surface area is 262 Å². The molecule has 2 aromatic carbocycles. The third kappa shape index (κ3) is 4.73. The average molecular weight is 620 g/mol. The Kier molecular flexibility index (Phi) is 7.98. The minimum atomic E-state index is -1.00. The summed E-state index contributed by atoms with van der Waals surface area (Å²) in [6.45, 7) is 7.06. The standard InChI is InChI=1S/C34H38ClN3O4S/c1-4-17-36-18-9-15-33(3)26(30(36)40)27-31(41)38(24(21-39)20-23-12-6-5-7-13-23)29-32(42)37(19-10-16-34(27,29)43-33)28-22(2)11-8-14-25(28)35/h5-16,24,26-27,29,39H,4,17-21H2,1-3H3/t24-,26+,27+,29?,33-,34+/m1/s1. The van der Waals surface area contributed by atoms with Gasteiger partial charge in [0.25, 0.3) is 5.91 Å². The number of aliphatic hydroxyl groups is 1. The molecule has 1 spiro atoms. The van der Waals surface area contributed by atoms with Gasteiger partial charge in [0.05, 0.1) is 39.9 Å².